The Hall–Kier alpha value is -2.18. The van der Waals surface area contributed by atoms with E-state index in [1.807, 2.05) is 51.1 Å². The number of rotatable bonds is 9. The Labute approximate surface area is 178 Å². The van der Waals surface area contributed by atoms with Crippen LogP contribution in [-0.4, -0.2) is 37.1 Å². The van der Waals surface area contributed by atoms with E-state index >= 15 is 0 Å². The molecule has 1 aromatic carbocycles. The number of methoxy groups -OCH3 is 1. The predicted molar refractivity (Wildman–Crippen MR) is 114 cm³/mol. The summed E-state index contributed by atoms with van der Waals surface area (Å²) in [4.78, 5) is 16.9. The van der Waals surface area contributed by atoms with E-state index in [1.54, 1.807) is 0 Å². The van der Waals surface area contributed by atoms with Gasteiger partial charge in [0.15, 0.2) is 0 Å². The predicted octanol–water partition coefficient (Wildman–Crippen LogP) is 4.94. The van der Waals surface area contributed by atoms with Crippen LogP contribution in [0.2, 0.25) is 0 Å². The summed E-state index contributed by atoms with van der Waals surface area (Å²) in [5.41, 5.74) is 2.02. The number of aryl methyl sites for hydroxylation is 2. The first-order valence-electron chi connectivity index (χ1n) is 10.8. The number of carbonyl (C=O) groups excluding carboxylic acids is 1. The molecule has 1 aromatic heterocycles. The standard InChI is InChI=1S/C24H33NO5/c1-17(2)14-24(23(26)27-4)28-15-19(16-29-24)10-8-9-13-21-18(3)30-22(25-21)20-11-6-5-7-12-20/h5-7,11-12,17,19H,8-10,13-16H2,1-4H3/t19-,24+. The lowest BCUT2D eigenvalue weighted by Crippen LogP contribution is -2.51. The molecule has 2 aromatic rings. The van der Waals surface area contributed by atoms with Crippen LogP contribution in [0.4, 0.5) is 0 Å². The number of oxazole rings is 1. The van der Waals surface area contributed by atoms with Crippen molar-refractivity contribution >= 4 is 5.97 Å². The normalized spacial score (nSPS) is 21.7. The summed E-state index contributed by atoms with van der Waals surface area (Å²) < 4.78 is 22.6. The van der Waals surface area contributed by atoms with E-state index in [-0.39, 0.29) is 11.8 Å². The Kier molecular flexibility index (Phi) is 7.67. The molecule has 1 aliphatic heterocycles. The van der Waals surface area contributed by atoms with Crippen LogP contribution in [0.1, 0.15) is 51.0 Å². The van der Waals surface area contributed by atoms with Crippen LogP contribution in [0.5, 0.6) is 0 Å². The van der Waals surface area contributed by atoms with Gasteiger partial charge >= 0.3 is 5.97 Å². The second kappa shape index (κ2) is 10.2. The molecule has 2 heterocycles. The van der Waals surface area contributed by atoms with Crippen LogP contribution < -0.4 is 0 Å². The number of benzene rings is 1. The summed E-state index contributed by atoms with van der Waals surface area (Å²) in [6, 6.07) is 9.96. The lowest BCUT2D eigenvalue weighted by molar-refractivity contribution is -0.286. The monoisotopic (exact) mass is 415 g/mol. The first-order valence-corrected chi connectivity index (χ1v) is 10.8. The average molecular weight is 416 g/mol. The number of esters is 1. The van der Waals surface area contributed by atoms with Crippen LogP contribution in [-0.2, 0) is 25.4 Å². The molecule has 0 bridgehead atoms. The molecule has 0 unspecified atom stereocenters. The van der Waals surface area contributed by atoms with Crippen molar-refractivity contribution in [2.75, 3.05) is 20.3 Å². The number of nitrogens with zero attached hydrogens (tertiary/aromatic N) is 1. The zero-order valence-electron chi connectivity index (χ0n) is 18.5. The molecule has 0 N–H and O–H groups in total. The first kappa shape index (κ1) is 22.5. The topological polar surface area (TPSA) is 70.8 Å². The second-order valence-corrected chi connectivity index (χ2v) is 8.46. The van der Waals surface area contributed by atoms with Crippen molar-refractivity contribution < 1.29 is 23.4 Å². The maximum atomic E-state index is 12.2. The molecule has 0 saturated carbocycles. The van der Waals surface area contributed by atoms with Crippen LogP contribution >= 0.6 is 0 Å². The summed E-state index contributed by atoms with van der Waals surface area (Å²) in [5.74, 6) is 0.437. The molecule has 6 nitrogen and oxygen atoms in total. The quantitative estimate of drug-likeness (QED) is 0.427. The lowest BCUT2D eigenvalue weighted by Gasteiger charge is -2.38. The number of aromatic nitrogens is 1. The van der Waals surface area contributed by atoms with Crippen LogP contribution in [0.15, 0.2) is 34.7 Å². The molecule has 30 heavy (non-hydrogen) atoms. The minimum atomic E-state index is -1.24. The SMILES string of the molecule is COC(=O)[C@]1(CC(C)C)OC[C@H](CCCCc2nc(-c3ccccc3)oc2C)CO1. The Morgan fingerprint density at radius 3 is 2.53 bits per heavy atom. The summed E-state index contributed by atoms with van der Waals surface area (Å²) in [6.07, 6.45) is 4.44. The molecule has 3 rings (SSSR count). The van der Waals surface area contributed by atoms with Gasteiger partial charge in [0, 0.05) is 17.9 Å². The third kappa shape index (κ3) is 5.49. The number of hydrogen-bond donors (Lipinski definition) is 0. The third-order valence-electron chi connectivity index (χ3n) is 5.47. The van der Waals surface area contributed by atoms with Gasteiger partial charge in [-0.15, -0.1) is 0 Å². The van der Waals surface area contributed by atoms with Gasteiger partial charge in [0.2, 0.25) is 5.89 Å². The minimum absolute atomic E-state index is 0.270. The highest BCUT2D eigenvalue weighted by Gasteiger charge is 2.46. The molecule has 0 radical (unpaired) electrons. The Morgan fingerprint density at radius 2 is 1.90 bits per heavy atom. The number of ether oxygens (including phenoxy) is 3. The van der Waals surface area contributed by atoms with Gasteiger partial charge in [0.05, 0.1) is 26.0 Å². The fourth-order valence-electron chi connectivity index (χ4n) is 3.86. The van der Waals surface area contributed by atoms with Crippen molar-refractivity contribution in [1.29, 1.82) is 0 Å². The summed E-state index contributed by atoms with van der Waals surface area (Å²) in [5, 5.41) is 0. The van der Waals surface area contributed by atoms with Gasteiger partial charge in [0.25, 0.3) is 5.79 Å². The summed E-state index contributed by atoms with van der Waals surface area (Å²) in [7, 11) is 1.37. The van der Waals surface area contributed by atoms with Crippen molar-refractivity contribution in [3.05, 3.63) is 41.8 Å². The largest absolute Gasteiger partial charge is 0.465 e. The van der Waals surface area contributed by atoms with Crippen molar-refractivity contribution in [2.45, 2.75) is 58.7 Å². The number of unbranched alkanes of at least 4 members (excludes halogenated alkanes) is 1. The number of carbonyl (C=O) groups is 1. The molecular weight excluding hydrogens is 382 g/mol. The molecular formula is C24H33NO5. The van der Waals surface area contributed by atoms with E-state index in [0.29, 0.717) is 25.5 Å². The number of hydrogen-bond acceptors (Lipinski definition) is 6. The van der Waals surface area contributed by atoms with Gasteiger partial charge in [-0.1, -0.05) is 38.5 Å². The molecule has 0 atom stereocenters. The molecule has 0 spiro atoms. The maximum absolute atomic E-state index is 12.2. The van der Waals surface area contributed by atoms with Crippen LogP contribution in [0.3, 0.4) is 0 Å². The molecule has 0 amide bonds. The average Bonchev–Trinajstić information content (AvgIpc) is 3.12. The van der Waals surface area contributed by atoms with Gasteiger partial charge in [-0.25, -0.2) is 9.78 Å². The molecule has 1 aliphatic rings. The van der Waals surface area contributed by atoms with Gasteiger partial charge < -0.3 is 18.6 Å². The van der Waals surface area contributed by atoms with Gasteiger partial charge in [0.1, 0.15) is 5.76 Å². The highest BCUT2D eigenvalue weighted by Crippen LogP contribution is 2.31. The van der Waals surface area contributed by atoms with Crippen molar-refractivity contribution in [3.8, 4) is 11.5 Å². The van der Waals surface area contributed by atoms with Gasteiger partial charge in [-0.05, 0) is 44.2 Å². The second-order valence-electron chi connectivity index (χ2n) is 8.46. The summed E-state index contributed by atoms with van der Waals surface area (Å²) >= 11 is 0. The first-order chi connectivity index (χ1) is 14.4. The fourth-order valence-corrected chi connectivity index (χ4v) is 3.86. The van der Waals surface area contributed by atoms with Crippen molar-refractivity contribution in [2.24, 2.45) is 11.8 Å². The fraction of sp³-hybridized carbons (Fsp3) is 0.583. The molecule has 6 heteroatoms. The Morgan fingerprint density at radius 1 is 1.20 bits per heavy atom. The van der Waals surface area contributed by atoms with E-state index in [1.165, 1.54) is 7.11 Å². The maximum Gasteiger partial charge on any atom is 0.366 e. The minimum Gasteiger partial charge on any atom is -0.465 e. The van der Waals surface area contributed by atoms with E-state index in [4.69, 9.17) is 18.6 Å². The van der Waals surface area contributed by atoms with Crippen molar-refractivity contribution in [3.63, 3.8) is 0 Å². The molecule has 164 valence electrons. The highest BCUT2D eigenvalue weighted by atomic mass is 16.7. The van der Waals surface area contributed by atoms with Crippen molar-refractivity contribution in [1.82, 2.24) is 4.98 Å². The van der Waals surface area contributed by atoms with Gasteiger partial charge in [-0.3, -0.25) is 0 Å². The Bertz CT molecular complexity index is 806. The Balaban J connectivity index is 1.45. The third-order valence-corrected chi connectivity index (χ3v) is 5.47. The molecule has 1 fully saturated rings. The van der Waals surface area contributed by atoms with Crippen LogP contribution in [0.25, 0.3) is 11.5 Å². The summed E-state index contributed by atoms with van der Waals surface area (Å²) in [6.45, 7) is 7.09. The highest BCUT2D eigenvalue weighted by molar-refractivity contribution is 5.77. The van der Waals surface area contributed by atoms with E-state index < -0.39 is 11.8 Å². The van der Waals surface area contributed by atoms with E-state index in [0.717, 1.165) is 42.7 Å². The van der Waals surface area contributed by atoms with E-state index in [2.05, 4.69) is 4.98 Å². The smallest absolute Gasteiger partial charge is 0.366 e. The molecule has 0 aliphatic carbocycles. The van der Waals surface area contributed by atoms with Gasteiger partial charge in [-0.2, -0.15) is 0 Å². The van der Waals surface area contributed by atoms with Crippen LogP contribution in [0, 0.1) is 18.8 Å². The zero-order chi connectivity index (χ0) is 21.6. The van der Waals surface area contributed by atoms with E-state index in [9.17, 15) is 4.79 Å². The lowest BCUT2D eigenvalue weighted by atomic mass is 9.98. The molecule has 1 saturated heterocycles. The zero-order valence-corrected chi connectivity index (χ0v) is 18.5.